The average molecular weight is 387 g/mol. The highest BCUT2D eigenvalue weighted by atomic mass is 32.1. The van der Waals surface area contributed by atoms with Gasteiger partial charge in [0.05, 0.1) is 11.4 Å². The van der Waals surface area contributed by atoms with E-state index in [9.17, 15) is 14.0 Å². The van der Waals surface area contributed by atoms with Gasteiger partial charge in [0.2, 0.25) is 5.91 Å². The van der Waals surface area contributed by atoms with E-state index in [0.29, 0.717) is 31.9 Å². The molecule has 4 rings (SSSR count). The second-order valence-electron chi connectivity index (χ2n) is 7.04. The number of amides is 2. The first-order valence-corrected chi connectivity index (χ1v) is 10.1. The van der Waals surface area contributed by atoms with Gasteiger partial charge in [-0.1, -0.05) is 0 Å². The van der Waals surface area contributed by atoms with Gasteiger partial charge in [0.25, 0.3) is 5.91 Å². The monoisotopic (exact) mass is 387 g/mol. The van der Waals surface area contributed by atoms with Crippen LogP contribution in [0, 0.1) is 5.82 Å². The lowest BCUT2D eigenvalue weighted by molar-refractivity contribution is -0.117. The Balaban J connectivity index is 1.26. The number of nitrogens with zero attached hydrogens (tertiary/aromatic N) is 2. The minimum atomic E-state index is -0.329. The zero-order valence-electron chi connectivity index (χ0n) is 15.0. The van der Waals surface area contributed by atoms with Crippen LogP contribution in [0.1, 0.15) is 26.5 Å². The van der Waals surface area contributed by atoms with E-state index in [0.717, 1.165) is 17.7 Å². The van der Waals surface area contributed by atoms with Crippen LogP contribution in [0.2, 0.25) is 0 Å². The first kappa shape index (κ1) is 18.1. The molecule has 7 heteroatoms. The SMILES string of the molecule is O=C(CN1CCN(C(=O)c2cc3c(s2)CCC3)CC1)Nc1ccc(F)cc1. The number of thiophene rings is 1. The third-order valence-corrected chi connectivity index (χ3v) is 6.34. The van der Waals surface area contributed by atoms with Crippen LogP contribution in [-0.2, 0) is 17.6 Å². The number of anilines is 1. The van der Waals surface area contributed by atoms with Crippen LogP contribution < -0.4 is 5.32 Å². The summed E-state index contributed by atoms with van der Waals surface area (Å²) in [5.41, 5.74) is 1.93. The molecule has 2 heterocycles. The van der Waals surface area contributed by atoms with Crippen molar-refractivity contribution in [2.75, 3.05) is 38.0 Å². The lowest BCUT2D eigenvalue weighted by Gasteiger charge is -2.34. The molecular formula is C20H22FN3O2S. The molecule has 1 fully saturated rings. The number of hydrogen-bond donors (Lipinski definition) is 1. The summed E-state index contributed by atoms with van der Waals surface area (Å²) in [7, 11) is 0. The number of nitrogens with one attached hydrogen (secondary N) is 1. The highest BCUT2D eigenvalue weighted by Crippen LogP contribution is 2.31. The van der Waals surface area contributed by atoms with Crippen molar-refractivity contribution < 1.29 is 14.0 Å². The van der Waals surface area contributed by atoms with Gasteiger partial charge in [-0.25, -0.2) is 4.39 Å². The molecule has 0 radical (unpaired) electrons. The van der Waals surface area contributed by atoms with Crippen molar-refractivity contribution in [3.8, 4) is 0 Å². The van der Waals surface area contributed by atoms with E-state index in [4.69, 9.17) is 0 Å². The van der Waals surface area contributed by atoms with Crippen LogP contribution >= 0.6 is 11.3 Å². The predicted octanol–water partition coefficient (Wildman–Crippen LogP) is 2.77. The van der Waals surface area contributed by atoms with E-state index in [1.165, 1.54) is 29.0 Å². The molecule has 1 aromatic carbocycles. The zero-order valence-corrected chi connectivity index (χ0v) is 15.9. The average Bonchev–Trinajstić information content (AvgIpc) is 3.26. The summed E-state index contributed by atoms with van der Waals surface area (Å²) in [5, 5.41) is 2.77. The van der Waals surface area contributed by atoms with E-state index in [1.807, 2.05) is 9.80 Å². The molecule has 0 saturated carbocycles. The number of carbonyl (C=O) groups is 2. The Morgan fingerprint density at radius 3 is 2.52 bits per heavy atom. The molecule has 1 aliphatic carbocycles. The second-order valence-corrected chi connectivity index (χ2v) is 8.17. The van der Waals surface area contributed by atoms with Gasteiger partial charge < -0.3 is 10.2 Å². The van der Waals surface area contributed by atoms with Crippen molar-refractivity contribution in [3.05, 3.63) is 51.5 Å². The van der Waals surface area contributed by atoms with Gasteiger partial charge in [-0.3, -0.25) is 14.5 Å². The number of halogens is 1. The largest absolute Gasteiger partial charge is 0.335 e. The van der Waals surface area contributed by atoms with E-state index in [2.05, 4.69) is 11.4 Å². The Bertz CT molecular complexity index is 820. The Hall–Kier alpha value is -2.25. The summed E-state index contributed by atoms with van der Waals surface area (Å²) in [5.74, 6) is -0.342. The second kappa shape index (κ2) is 7.78. The highest BCUT2D eigenvalue weighted by Gasteiger charge is 2.26. The number of fused-ring (bicyclic) bond motifs is 1. The maximum absolute atomic E-state index is 12.9. The Morgan fingerprint density at radius 2 is 1.81 bits per heavy atom. The molecule has 1 N–H and O–H groups in total. The molecule has 0 spiro atoms. The van der Waals surface area contributed by atoms with Crippen LogP contribution in [0.3, 0.4) is 0 Å². The van der Waals surface area contributed by atoms with Crippen molar-refractivity contribution in [3.63, 3.8) is 0 Å². The van der Waals surface area contributed by atoms with E-state index < -0.39 is 0 Å². The standard InChI is InChI=1S/C20H22FN3O2S/c21-15-4-6-16(7-5-15)22-19(25)13-23-8-10-24(11-9-23)20(26)18-12-14-2-1-3-17(14)27-18/h4-7,12H,1-3,8-11,13H2,(H,22,25). The number of hydrogen-bond acceptors (Lipinski definition) is 4. The molecule has 1 aromatic heterocycles. The van der Waals surface area contributed by atoms with Gasteiger partial charge in [-0.05, 0) is 55.2 Å². The van der Waals surface area contributed by atoms with Gasteiger partial charge in [0.1, 0.15) is 5.82 Å². The fraction of sp³-hybridized carbons (Fsp3) is 0.400. The molecular weight excluding hydrogens is 365 g/mol. The fourth-order valence-electron chi connectivity index (χ4n) is 3.64. The molecule has 5 nitrogen and oxygen atoms in total. The summed E-state index contributed by atoms with van der Waals surface area (Å²) < 4.78 is 12.9. The van der Waals surface area contributed by atoms with Crippen molar-refractivity contribution >= 4 is 28.8 Å². The number of carbonyl (C=O) groups excluding carboxylic acids is 2. The molecule has 27 heavy (non-hydrogen) atoms. The minimum Gasteiger partial charge on any atom is -0.335 e. The Labute approximate surface area is 161 Å². The lowest BCUT2D eigenvalue weighted by atomic mass is 10.2. The molecule has 142 valence electrons. The number of rotatable bonds is 4. The smallest absolute Gasteiger partial charge is 0.264 e. The zero-order chi connectivity index (χ0) is 18.8. The predicted molar refractivity (Wildman–Crippen MR) is 104 cm³/mol. The molecule has 0 unspecified atom stereocenters. The first-order valence-electron chi connectivity index (χ1n) is 9.27. The molecule has 0 bridgehead atoms. The number of aryl methyl sites for hydroxylation is 2. The van der Waals surface area contributed by atoms with Crippen molar-refractivity contribution in [2.45, 2.75) is 19.3 Å². The minimum absolute atomic E-state index is 0.116. The fourth-order valence-corrected chi connectivity index (χ4v) is 4.86. The van der Waals surface area contributed by atoms with Crippen LogP contribution in [0.5, 0.6) is 0 Å². The molecule has 1 aliphatic heterocycles. The van der Waals surface area contributed by atoms with Crippen LogP contribution in [0.4, 0.5) is 10.1 Å². The highest BCUT2D eigenvalue weighted by molar-refractivity contribution is 7.14. The number of piperazine rings is 1. The molecule has 1 saturated heterocycles. The number of benzene rings is 1. The molecule has 2 aliphatic rings. The van der Waals surface area contributed by atoms with Gasteiger partial charge in [0, 0.05) is 36.7 Å². The van der Waals surface area contributed by atoms with Crippen LogP contribution in [0.15, 0.2) is 30.3 Å². The third kappa shape index (κ3) is 4.20. The van der Waals surface area contributed by atoms with Crippen LogP contribution in [0.25, 0.3) is 0 Å². The van der Waals surface area contributed by atoms with E-state index in [-0.39, 0.29) is 24.2 Å². The van der Waals surface area contributed by atoms with Crippen molar-refractivity contribution in [1.29, 1.82) is 0 Å². The van der Waals surface area contributed by atoms with Crippen molar-refractivity contribution in [1.82, 2.24) is 9.80 Å². The van der Waals surface area contributed by atoms with Gasteiger partial charge in [0.15, 0.2) is 0 Å². The van der Waals surface area contributed by atoms with E-state index in [1.54, 1.807) is 23.5 Å². The summed E-state index contributed by atoms with van der Waals surface area (Å²) in [6, 6.07) is 7.79. The quantitative estimate of drug-likeness (QED) is 0.878. The maximum Gasteiger partial charge on any atom is 0.264 e. The molecule has 0 atom stereocenters. The summed E-state index contributed by atoms with van der Waals surface area (Å²) in [6.45, 7) is 2.88. The van der Waals surface area contributed by atoms with Crippen LogP contribution in [-0.4, -0.2) is 54.3 Å². The van der Waals surface area contributed by atoms with E-state index >= 15 is 0 Å². The normalized spacial score (nSPS) is 17.0. The topological polar surface area (TPSA) is 52.7 Å². The Kier molecular flexibility index (Phi) is 5.22. The maximum atomic E-state index is 12.9. The van der Waals surface area contributed by atoms with Crippen molar-refractivity contribution in [2.24, 2.45) is 0 Å². The Morgan fingerprint density at radius 1 is 1.07 bits per heavy atom. The molecule has 2 amide bonds. The summed E-state index contributed by atoms with van der Waals surface area (Å²) in [6.07, 6.45) is 3.40. The van der Waals surface area contributed by atoms with Gasteiger partial charge >= 0.3 is 0 Å². The molecule has 2 aromatic rings. The first-order chi connectivity index (χ1) is 13.1. The van der Waals surface area contributed by atoms with Gasteiger partial charge in [-0.2, -0.15) is 0 Å². The third-order valence-electron chi connectivity index (χ3n) is 5.11. The summed E-state index contributed by atoms with van der Waals surface area (Å²) in [4.78, 5) is 31.0. The summed E-state index contributed by atoms with van der Waals surface area (Å²) >= 11 is 1.64. The lowest BCUT2D eigenvalue weighted by Crippen LogP contribution is -2.50. The van der Waals surface area contributed by atoms with Gasteiger partial charge in [-0.15, -0.1) is 11.3 Å².